The van der Waals surface area contributed by atoms with Crippen LogP contribution in [0.1, 0.15) is 5.56 Å². The van der Waals surface area contributed by atoms with E-state index in [1.165, 1.54) is 12.5 Å². The van der Waals surface area contributed by atoms with E-state index in [4.69, 9.17) is 0 Å². The number of hydrogen-bond acceptors (Lipinski definition) is 3. The van der Waals surface area contributed by atoms with Crippen molar-refractivity contribution in [3.8, 4) is 0 Å². The largest absolute Gasteiger partial charge is 0.339 e. The van der Waals surface area contributed by atoms with Gasteiger partial charge in [0.2, 0.25) is 9.84 Å². The molecule has 0 aliphatic carbocycles. The van der Waals surface area contributed by atoms with Gasteiger partial charge in [0.1, 0.15) is 0 Å². The van der Waals surface area contributed by atoms with Crippen LogP contribution >= 0.6 is 0 Å². The Balaban J connectivity index is 2.28. The third kappa shape index (κ3) is 2.30. The van der Waals surface area contributed by atoms with Crippen LogP contribution in [-0.4, -0.2) is 18.0 Å². The van der Waals surface area contributed by atoms with Gasteiger partial charge in [0.15, 0.2) is 5.03 Å². The minimum Gasteiger partial charge on any atom is -0.339 e. The maximum Gasteiger partial charge on any atom is 0.201 e. The number of rotatable bonds is 3. The summed E-state index contributed by atoms with van der Waals surface area (Å²) in [5, 5.41) is 0.124. The molecule has 5 heteroatoms. The standard InChI is InChI=1S/C11H12N2O2S/c1-13-7-11(12-9-13)16(14,15)8-10-5-3-2-4-6-10/h2-7,9H,8H2,1H3. The lowest BCUT2D eigenvalue weighted by Crippen LogP contribution is -2.05. The lowest BCUT2D eigenvalue weighted by atomic mass is 10.2. The molecule has 2 aromatic rings. The van der Waals surface area contributed by atoms with Gasteiger partial charge >= 0.3 is 0 Å². The Kier molecular flexibility index (Phi) is 2.78. The van der Waals surface area contributed by atoms with Crippen molar-refractivity contribution < 1.29 is 8.42 Å². The first kappa shape index (κ1) is 10.9. The highest BCUT2D eigenvalue weighted by Crippen LogP contribution is 2.13. The van der Waals surface area contributed by atoms with Gasteiger partial charge < -0.3 is 4.57 Å². The van der Waals surface area contributed by atoms with Crippen molar-refractivity contribution in [3.63, 3.8) is 0 Å². The van der Waals surface area contributed by atoms with E-state index in [1.807, 2.05) is 18.2 Å². The van der Waals surface area contributed by atoms with Crippen LogP contribution in [-0.2, 0) is 22.6 Å². The van der Waals surface area contributed by atoms with Crippen LogP contribution < -0.4 is 0 Å². The highest BCUT2D eigenvalue weighted by atomic mass is 32.2. The molecule has 1 aromatic heterocycles. The van der Waals surface area contributed by atoms with Gasteiger partial charge in [-0.3, -0.25) is 0 Å². The first-order chi connectivity index (χ1) is 7.58. The Morgan fingerprint density at radius 3 is 2.50 bits per heavy atom. The van der Waals surface area contributed by atoms with Crippen molar-refractivity contribution >= 4 is 9.84 Å². The van der Waals surface area contributed by atoms with E-state index in [1.54, 1.807) is 23.7 Å². The molecule has 2 rings (SSSR count). The minimum absolute atomic E-state index is 0.00907. The van der Waals surface area contributed by atoms with Crippen molar-refractivity contribution in [1.82, 2.24) is 9.55 Å². The summed E-state index contributed by atoms with van der Waals surface area (Å²) >= 11 is 0. The molecule has 1 heterocycles. The van der Waals surface area contributed by atoms with Gasteiger partial charge in [-0.25, -0.2) is 13.4 Å². The molecule has 84 valence electrons. The molecular formula is C11H12N2O2S. The SMILES string of the molecule is Cn1cnc(S(=O)(=O)Cc2ccccc2)c1. The zero-order chi connectivity index (χ0) is 11.6. The molecule has 0 atom stereocenters. The second kappa shape index (κ2) is 4.09. The van der Waals surface area contributed by atoms with Gasteiger partial charge in [-0.15, -0.1) is 0 Å². The van der Waals surface area contributed by atoms with E-state index < -0.39 is 9.84 Å². The summed E-state index contributed by atoms with van der Waals surface area (Å²) in [7, 11) is -1.58. The van der Waals surface area contributed by atoms with Crippen LogP contribution in [0.25, 0.3) is 0 Å². The molecule has 0 spiro atoms. The van der Waals surface area contributed by atoms with Gasteiger partial charge in [-0.1, -0.05) is 30.3 Å². The zero-order valence-corrected chi connectivity index (χ0v) is 9.68. The van der Waals surface area contributed by atoms with E-state index in [0.717, 1.165) is 5.56 Å². The number of nitrogens with zero attached hydrogens (tertiary/aromatic N) is 2. The maximum absolute atomic E-state index is 11.9. The van der Waals surface area contributed by atoms with E-state index in [9.17, 15) is 8.42 Å². The van der Waals surface area contributed by atoms with Crippen LogP contribution in [0.4, 0.5) is 0 Å². The zero-order valence-electron chi connectivity index (χ0n) is 8.87. The highest BCUT2D eigenvalue weighted by molar-refractivity contribution is 7.90. The minimum atomic E-state index is -3.32. The second-order valence-corrected chi connectivity index (χ2v) is 5.56. The van der Waals surface area contributed by atoms with E-state index in [0.29, 0.717) is 0 Å². The summed E-state index contributed by atoms with van der Waals surface area (Å²) in [6, 6.07) is 9.09. The summed E-state index contributed by atoms with van der Waals surface area (Å²) in [6.45, 7) is 0. The molecule has 0 aliphatic rings. The van der Waals surface area contributed by atoms with E-state index in [2.05, 4.69) is 4.98 Å². The van der Waals surface area contributed by atoms with Crippen molar-refractivity contribution in [2.75, 3.05) is 0 Å². The van der Waals surface area contributed by atoms with Gasteiger partial charge in [-0.2, -0.15) is 0 Å². The van der Waals surface area contributed by atoms with E-state index in [-0.39, 0.29) is 10.8 Å². The van der Waals surface area contributed by atoms with Gasteiger partial charge in [0, 0.05) is 13.2 Å². The molecule has 0 N–H and O–H groups in total. The van der Waals surface area contributed by atoms with Crippen molar-refractivity contribution in [3.05, 3.63) is 48.4 Å². The summed E-state index contributed by atoms with van der Waals surface area (Å²) < 4.78 is 25.5. The monoisotopic (exact) mass is 236 g/mol. The van der Waals surface area contributed by atoms with Crippen LogP contribution in [0.5, 0.6) is 0 Å². The molecule has 16 heavy (non-hydrogen) atoms. The summed E-state index contributed by atoms with van der Waals surface area (Å²) in [4.78, 5) is 3.86. The number of aromatic nitrogens is 2. The molecule has 4 nitrogen and oxygen atoms in total. The van der Waals surface area contributed by atoms with Crippen molar-refractivity contribution in [2.45, 2.75) is 10.8 Å². The summed E-state index contributed by atoms with van der Waals surface area (Å²) in [5.41, 5.74) is 0.771. The Labute approximate surface area is 94.5 Å². The predicted molar refractivity (Wildman–Crippen MR) is 60.5 cm³/mol. The van der Waals surface area contributed by atoms with Crippen LogP contribution in [0, 0.1) is 0 Å². The molecule has 0 saturated carbocycles. The second-order valence-electron chi connectivity index (χ2n) is 3.62. The number of hydrogen-bond donors (Lipinski definition) is 0. The highest BCUT2D eigenvalue weighted by Gasteiger charge is 2.17. The fourth-order valence-electron chi connectivity index (χ4n) is 1.42. The third-order valence-corrected chi connectivity index (χ3v) is 3.76. The third-order valence-electron chi connectivity index (χ3n) is 2.20. The molecular weight excluding hydrogens is 224 g/mol. The average Bonchev–Trinajstić information content (AvgIpc) is 2.66. The molecule has 0 fully saturated rings. The lowest BCUT2D eigenvalue weighted by molar-refractivity contribution is 0.592. The molecule has 0 bridgehead atoms. The fraction of sp³-hybridized carbons (Fsp3) is 0.182. The normalized spacial score (nSPS) is 11.6. The molecule has 0 unspecified atom stereocenters. The molecule has 0 radical (unpaired) electrons. The Morgan fingerprint density at radius 1 is 1.25 bits per heavy atom. The van der Waals surface area contributed by atoms with Gasteiger partial charge in [0.25, 0.3) is 0 Å². The molecule has 1 aromatic carbocycles. The quantitative estimate of drug-likeness (QED) is 0.809. The predicted octanol–water partition coefficient (Wildman–Crippen LogP) is 1.39. The van der Waals surface area contributed by atoms with Gasteiger partial charge in [-0.05, 0) is 5.56 Å². The topological polar surface area (TPSA) is 52.0 Å². The van der Waals surface area contributed by atoms with Crippen LogP contribution in [0.2, 0.25) is 0 Å². The molecule has 0 amide bonds. The first-order valence-electron chi connectivity index (χ1n) is 4.82. The number of benzene rings is 1. The van der Waals surface area contributed by atoms with Crippen LogP contribution in [0.15, 0.2) is 47.9 Å². The van der Waals surface area contributed by atoms with E-state index >= 15 is 0 Å². The van der Waals surface area contributed by atoms with Crippen molar-refractivity contribution in [1.29, 1.82) is 0 Å². The Hall–Kier alpha value is -1.62. The summed E-state index contributed by atoms with van der Waals surface area (Å²) in [5.74, 6) is -0.00907. The smallest absolute Gasteiger partial charge is 0.201 e. The van der Waals surface area contributed by atoms with Crippen molar-refractivity contribution in [2.24, 2.45) is 7.05 Å². The average molecular weight is 236 g/mol. The molecule has 0 saturated heterocycles. The number of imidazole rings is 1. The Bertz CT molecular complexity index is 573. The first-order valence-corrected chi connectivity index (χ1v) is 6.48. The Morgan fingerprint density at radius 2 is 1.94 bits per heavy atom. The maximum atomic E-state index is 11.9. The molecule has 0 aliphatic heterocycles. The summed E-state index contributed by atoms with van der Waals surface area (Å²) in [6.07, 6.45) is 3.00. The lowest BCUT2D eigenvalue weighted by Gasteiger charge is -2.00. The fourth-order valence-corrected chi connectivity index (χ4v) is 2.73. The number of sulfone groups is 1. The van der Waals surface area contributed by atoms with Crippen LogP contribution in [0.3, 0.4) is 0 Å². The number of aryl methyl sites for hydroxylation is 1. The van der Waals surface area contributed by atoms with Gasteiger partial charge in [0.05, 0.1) is 12.1 Å².